The van der Waals surface area contributed by atoms with Gasteiger partial charge in [-0.05, 0) is 93.2 Å². The number of hydrogen-bond donors (Lipinski definition) is 15. The molecule has 2 aromatic rings. The third-order valence-corrected chi connectivity index (χ3v) is 17.7. The lowest BCUT2D eigenvalue weighted by atomic mass is 9.84. The lowest BCUT2D eigenvalue weighted by Crippen LogP contribution is -2.63. The molecule has 12 atom stereocenters. The van der Waals surface area contributed by atoms with E-state index in [0.29, 0.717) is 30.4 Å². The van der Waals surface area contributed by atoms with E-state index < -0.39 is 139 Å². The average Bonchev–Trinajstić information content (AvgIpc) is 1.72. The monoisotopic (exact) mass is 1300 g/mol. The summed E-state index contributed by atoms with van der Waals surface area (Å²) in [5, 5.41) is 45.1. The van der Waals surface area contributed by atoms with Crippen LogP contribution in [0.1, 0.15) is 107 Å². The van der Waals surface area contributed by atoms with Crippen LogP contribution in [0, 0.1) is 5.92 Å². The Morgan fingerprint density at radius 2 is 1.18 bits per heavy atom. The third-order valence-electron chi connectivity index (χ3n) is 17.7. The minimum absolute atomic E-state index is 0.00197. The molecule has 2 unspecified atom stereocenters. The number of hydrogen-bond acceptors (Lipinski definition) is 16. The summed E-state index contributed by atoms with van der Waals surface area (Å²) < 4.78 is 0. The van der Waals surface area contributed by atoms with Gasteiger partial charge in [-0.1, -0.05) is 67.4 Å². The summed E-state index contributed by atoms with van der Waals surface area (Å²) >= 11 is 0. The summed E-state index contributed by atoms with van der Waals surface area (Å²) in [5.41, 5.74) is 40.9. The highest BCUT2D eigenvalue weighted by atomic mass is 16.4. The molecule has 93 heavy (non-hydrogen) atoms. The molecular formula is C61H91N19O13. The minimum atomic E-state index is -1.68. The maximum atomic E-state index is 15.4. The normalized spacial score (nSPS) is 22.2. The SMILES string of the molecule is NC(N)=NCCC[C@@H](N)C(=O)N[C@@H](CCCN=C(N)N)C(=O)N1CCC[C@H]1C(=O)N1C[C@H](O)C[C@H]1C(=O)NCC(=O)N[C@@H](Cc1ccccc1)C(=O)N[C@@H](CO)C(=O)N1Cc2ccccc2C[C@@H]1C(=O)N1C2CCCCC2C[C@H]1C(=O)N[C@@H](CCCN=C(N)N)C(=O)O. The van der Waals surface area contributed by atoms with E-state index in [1.807, 2.05) is 6.07 Å². The number of guanidine groups is 3. The van der Waals surface area contributed by atoms with Gasteiger partial charge in [0.25, 0.3) is 0 Å². The lowest BCUT2D eigenvalue weighted by Gasteiger charge is -2.42. The van der Waals surface area contributed by atoms with Gasteiger partial charge in [0, 0.05) is 64.6 Å². The number of carbonyl (C=O) groups is 10. The molecule has 0 aromatic heterocycles. The van der Waals surface area contributed by atoms with E-state index in [4.69, 9.17) is 40.1 Å². The zero-order valence-electron chi connectivity index (χ0n) is 52.2. The van der Waals surface area contributed by atoms with Crippen molar-refractivity contribution in [3.8, 4) is 0 Å². The summed E-state index contributed by atoms with van der Waals surface area (Å²) in [7, 11) is 0. The van der Waals surface area contributed by atoms with Crippen LogP contribution in [0.5, 0.6) is 0 Å². The molecule has 1 aliphatic carbocycles. The van der Waals surface area contributed by atoms with Crippen LogP contribution in [0.25, 0.3) is 0 Å². The zero-order chi connectivity index (χ0) is 67.5. The molecule has 2 aromatic carbocycles. The first-order valence-corrected chi connectivity index (χ1v) is 31.7. The van der Waals surface area contributed by atoms with E-state index in [2.05, 4.69) is 41.6 Å². The first-order chi connectivity index (χ1) is 44.4. The van der Waals surface area contributed by atoms with E-state index in [0.717, 1.165) is 29.7 Å². The summed E-state index contributed by atoms with van der Waals surface area (Å²) in [6.45, 7) is -1.49. The molecule has 9 amide bonds. The number of carbonyl (C=O) groups excluding carboxylic acids is 9. The first-order valence-electron chi connectivity index (χ1n) is 31.7. The molecule has 0 radical (unpaired) electrons. The Balaban J connectivity index is 1.03. The fourth-order valence-electron chi connectivity index (χ4n) is 13.1. The van der Waals surface area contributed by atoms with Crippen LogP contribution in [0.15, 0.2) is 69.6 Å². The van der Waals surface area contributed by atoms with Crippen LogP contribution in [0.3, 0.4) is 0 Å². The Labute approximate surface area is 538 Å². The number of aliphatic hydroxyl groups excluding tert-OH is 2. The van der Waals surface area contributed by atoms with Gasteiger partial charge in [-0.15, -0.1) is 0 Å². The quantitative estimate of drug-likeness (QED) is 0.0198. The number of likely N-dealkylation sites (tertiary alicyclic amines) is 3. The number of nitrogens with one attached hydrogen (secondary N) is 5. The van der Waals surface area contributed by atoms with Crippen LogP contribution in [0.4, 0.5) is 0 Å². The number of β-amino-alcohol motifs (C(OH)–C–C–N with tert-alkyl or cyclic N) is 1. The second kappa shape index (κ2) is 33.9. The highest BCUT2D eigenvalue weighted by molar-refractivity contribution is 5.99. The lowest BCUT2D eigenvalue weighted by molar-refractivity contribution is -0.153. The van der Waals surface area contributed by atoms with Gasteiger partial charge in [-0.25, -0.2) is 4.79 Å². The topological polar surface area (TPSA) is 524 Å². The van der Waals surface area contributed by atoms with Crippen LogP contribution in [-0.2, 0) is 67.3 Å². The number of aliphatic carboxylic acids is 1. The molecule has 7 rings (SSSR count). The Morgan fingerprint density at radius 3 is 1.83 bits per heavy atom. The molecule has 508 valence electrons. The van der Waals surface area contributed by atoms with Crippen LogP contribution < -0.4 is 66.7 Å². The maximum Gasteiger partial charge on any atom is 0.326 e. The summed E-state index contributed by atoms with van der Waals surface area (Å²) in [6, 6.07) is 3.96. The minimum Gasteiger partial charge on any atom is -0.480 e. The van der Waals surface area contributed by atoms with E-state index in [9.17, 15) is 53.7 Å². The number of aliphatic hydroxyl groups is 2. The van der Waals surface area contributed by atoms with Crippen molar-refractivity contribution in [1.29, 1.82) is 0 Å². The molecule has 32 nitrogen and oxygen atoms in total. The number of amides is 9. The van der Waals surface area contributed by atoms with Crippen molar-refractivity contribution in [2.24, 2.45) is 61.0 Å². The van der Waals surface area contributed by atoms with Crippen molar-refractivity contribution in [2.45, 2.75) is 176 Å². The fraction of sp³-hybridized carbons (Fsp3) is 0.590. The molecule has 5 aliphatic rings. The molecule has 1 saturated carbocycles. The van der Waals surface area contributed by atoms with Crippen LogP contribution in [-0.4, -0.2) is 224 Å². The number of aliphatic imine (C=N–C) groups is 3. The number of benzene rings is 2. The molecule has 4 fully saturated rings. The Morgan fingerprint density at radius 1 is 0.581 bits per heavy atom. The van der Waals surface area contributed by atoms with E-state index in [1.54, 1.807) is 48.5 Å². The highest BCUT2D eigenvalue weighted by Gasteiger charge is 2.52. The number of fused-ring (bicyclic) bond motifs is 2. The van der Waals surface area contributed by atoms with Gasteiger partial charge >= 0.3 is 5.97 Å². The van der Waals surface area contributed by atoms with Crippen LogP contribution >= 0.6 is 0 Å². The fourth-order valence-corrected chi connectivity index (χ4v) is 13.1. The van der Waals surface area contributed by atoms with E-state index in [1.165, 1.54) is 14.7 Å². The Bertz CT molecular complexity index is 3090. The predicted octanol–water partition coefficient (Wildman–Crippen LogP) is -5.08. The van der Waals surface area contributed by atoms with Gasteiger partial charge in [0.05, 0.1) is 25.3 Å². The predicted molar refractivity (Wildman–Crippen MR) is 340 cm³/mol. The molecule has 0 spiro atoms. The number of nitrogens with two attached hydrogens (primary N) is 7. The molecular weight excluding hydrogens is 1210 g/mol. The number of carboxylic acid groups (broad SMARTS) is 1. The summed E-state index contributed by atoms with van der Waals surface area (Å²) in [6.07, 6.45) is 3.34. The largest absolute Gasteiger partial charge is 0.480 e. The van der Waals surface area contributed by atoms with Crippen molar-refractivity contribution >= 4 is 77.0 Å². The Hall–Kier alpha value is -9.17. The molecule has 22 N–H and O–H groups in total. The highest BCUT2D eigenvalue weighted by Crippen LogP contribution is 2.41. The molecule has 32 heteroatoms. The first kappa shape index (κ1) is 71.3. The standard InChI is InChI=1S/C61H91N19O13/c62-39(17-8-22-69-59(63)64)50(84)74-40(18-9-23-70-60(65)66)54(88)77-25-11-21-45(77)56(90)79-32-38(82)29-46(79)52(86)72-30-49(83)73-42(26-34-12-2-1-3-13-34)51(85)76-43(33-81)55(89)78-31-37-16-5-4-14-35(37)27-48(78)57(91)80-44-20-7-6-15-36(44)28-47(80)53(87)75-41(58(92)93)19-10-24-71-61(67)68/h1-5,12-14,16,36,38-48,81-82H,6-11,15,17-33,62H2,(H,72,86)(H,73,83)(H,74,84)(H,75,87)(H,76,85)(H,92,93)(H4,63,64,69)(H4,65,66,70)(H4,67,68,71)/t36?,38-,39-,40+,41+,42+,43+,44?,45+,46+,47+,48-/m1/s1. The second-order valence-corrected chi connectivity index (χ2v) is 24.3. The van der Waals surface area contributed by atoms with Crippen molar-refractivity contribution in [2.75, 3.05) is 45.9 Å². The Kier molecular flexibility index (Phi) is 26.0. The number of nitrogens with zero attached hydrogens (tertiary/aromatic N) is 7. The third kappa shape index (κ3) is 19.4. The van der Waals surface area contributed by atoms with Crippen LogP contribution in [0.2, 0.25) is 0 Å². The average molecular weight is 1300 g/mol. The van der Waals surface area contributed by atoms with Gasteiger partial charge in [0.2, 0.25) is 53.2 Å². The second-order valence-electron chi connectivity index (χ2n) is 24.3. The van der Waals surface area contributed by atoms with Gasteiger partial charge in [0.1, 0.15) is 48.3 Å². The van der Waals surface area contributed by atoms with Crippen molar-refractivity contribution in [3.63, 3.8) is 0 Å². The van der Waals surface area contributed by atoms with Gasteiger partial charge in [0.15, 0.2) is 17.9 Å². The molecule has 0 bridgehead atoms. The number of rotatable bonds is 30. The van der Waals surface area contributed by atoms with Gasteiger partial charge in [-0.3, -0.25) is 58.1 Å². The van der Waals surface area contributed by atoms with Crippen molar-refractivity contribution in [1.82, 2.24) is 46.2 Å². The summed E-state index contributed by atoms with van der Waals surface area (Å²) in [5.74, 6) is -8.39. The summed E-state index contributed by atoms with van der Waals surface area (Å²) in [4.78, 5) is 159. The van der Waals surface area contributed by atoms with Gasteiger partial charge < -0.3 is 102 Å². The van der Waals surface area contributed by atoms with E-state index >= 15 is 9.59 Å². The zero-order valence-corrected chi connectivity index (χ0v) is 52.2. The maximum absolute atomic E-state index is 15.4. The molecule has 4 heterocycles. The molecule has 3 saturated heterocycles. The van der Waals surface area contributed by atoms with Crippen molar-refractivity contribution < 1.29 is 63.3 Å². The number of carboxylic acids is 1. The van der Waals surface area contributed by atoms with Gasteiger partial charge in [-0.2, -0.15) is 0 Å². The van der Waals surface area contributed by atoms with E-state index in [-0.39, 0.29) is 127 Å². The molecule has 4 aliphatic heterocycles. The van der Waals surface area contributed by atoms with Crippen molar-refractivity contribution in [3.05, 3.63) is 71.3 Å². The smallest absolute Gasteiger partial charge is 0.326 e.